The minimum Gasteiger partial charge on any atom is -0.508 e. The molecule has 3 N–H and O–H groups in total. The predicted molar refractivity (Wildman–Crippen MR) is 145 cm³/mol. The molecule has 2 atom stereocenters. The van der Waals surface area contributed by atoms with Gasteiger partial charge in [-0.15, -0.1) is 11.8 Å². The molecule has 0 fully saturated rings. The molecule has 0 saturated carbocycles. The third-order valence-corrected chi connectivity index (χ3v) is 4.21. The zero-order valence-electron chi connectivity index (χ0n) is 18.8. The van der Waals surface area contributed by atoms with Crippen molar-refractivity contribution in [2.45, 2.75) is 46.0 Å². The van der Waals surface area contributed by atoms with Crippen molar-refractivity contribution >= 4 is 38.9 Å². The van der Waals surface area contributed by atoms with Crippen molar-refractivity contribution in [1.29, 1.82) is 0 Å². The number of phenolic OH excluding ortho intramolecular Hbond substituents is 2. The van der Waals surface area contributed by atoms with E-state index in [2.05, 4.69) is 28.4 Å². The summed E-state index contributed by atoms with van der Waals surface area (Å²) in [7, 11) is 1.36. The van der Waals surface area contributed by atoms with Crippen molar-refractivity contribution in [3.05, 3.63) is 59.7 Å². The predicted octanol–water partition coefficient (Wildman–Crippen LogP) is 4.90. The zero-order chi connectivity index (χ0) is 23.2. The van der Waals surface area contributed by atoms with Crippen molar-refractivity contribution in [3.63, 3.8) is 0 Å². The van der Waals surface area contributed by atoms with Crippen LogP contribution in [0.3, 0.4) is 0 Å². The van der Waals surface area contributed by atoms with Gasteiger partial charge in [-0.2, -0.15) is 27.0 Å². The summed E-state index contributed by atoms with van der Waals surface area (Å²) in [4.78, 5) is 21.8. The van der Waals surface area contributed by atoms with E-state index in [0.717, 1.165) is 11.1 Å². The lowest BCUT2D eigenvalue weighted by atomic mass is 9.96. The lowest BCUT2D eigenvalue weighted by Crippen LogP contribution is -2.07. The summed E-state index contributed by atoms with van der Waals surface area (Å²) in [6, 6.07) is 13.1. The van der Waals surface area contributed by atoms with Crippen LogP contribution in [0.5, 0.6) is 11.5 Å². The number of aliphatic carboxylic acids is 1. The SMILES string of the molecule is C.CC#C[C@@H](CC(=O)O)c1ccc(O)cc1.CC#C[C@@H](CC(=O)OC)c1ccc(O)cc1.S.S. The number of aromatic hydroxyl groups is 2. The number of ether oxygens (including phenoxy) is 1. The molecule has 186 valence electrons. The lowest BCUT2D eigenvalue weighted by Gasteiger charge is -2.09. The van der Waals surface area contributed by atoms with E-state index in [-0.39, 0.29) is 76.6 Å². The summed E-state index contributed by atoms with van der Waals surface area (Å²) in [5.74, 6) is 9.99. The smallest absolute Gasteiger partial charge is 0.307 e. The van der Waals surface area contributed by atoms with Crippen LogP contribution in [-0.4, -0.2) is 34.4 Å². The maximum absolute atomic E-state index is 11.2. The minimum absolute atomic E-state index is 0. The highest BCUT2D eigenvalue weighted by molar-refractivity contribution is 7.59. The van der Waals surface area contributed by atoms with E-state index in [1.807, 2.05) is 0 Å². The summed E-state index contributed by atoms with van der Waals surface area (Å²) in [6.07, 6.45) is 0.202. The van der Waals surface area contributed by atoms with E-state index >= 15 is 0 Å². The molecule has 0 spiro atoms. The Hall–Kier alpha value is -3.20. The van der Waals surface area contributed by atoms with Crippen molar-refractivity contribution in [3.8, 4) is 35.2 Å². The van der Waals surface area contributed by atoms with Crippen LogP contribution in [-0.2, 0) is 14.3 Å². The second kappa shape index (κ2) is 19.3. The monoisotopic (exact) mass is 506 g/mol. The Bertz CT molecular complexity index is 980. The number of carboxylic acid groups (broad SMARTS) is 1. The van der Waals surface area contributed by atoms with Gasteiger partial charge >= 0.3 is 11.9 Å². The van der Waals surface area contributed by atoms with Crippen LogP contribution in [0.2, 0.25) is 0 Å². The lowest BCUT2D eigenvalue weighted by molar-refractivity contribution is -0.141. The van der Waals surface area contributed by atoms with E-state index < -0.39 is 5.97 Å². The first kappa shape index (κ1) is 35.4. The van der Waals surface area contributed by atoms with Crippen molar-refractivity contribution in [2.75, 3.05) is 7.11 Å². The third kappa shape index (κ3) is 13.4. The maximum atomic E-state index is 11.2. The van der Waals surface area contributed by atoms with Gasteiger partial charge < -0.3 is 20.1 Å². The minimum atomic E-state index is -0.879. The summed E-state index contributed by atoms with van der Waals surface area (Å²) >= 11 is 0. The number of rotatable bonds is 6. The number of carboxylic acids is 1. The summed E-state index contributed by atoms with van der Waals surface area (Å²) in [5, 5.41) is 27.0. The molecule has 0 saturated heterocycles. The zero-order valence-corrected chi connectivity index (χ0v) is 20.8. The number of esters is 1. The highest BCUT2D eigenvalue weighted by Gasteiger charge is 2.14. The Morgan fingerprint density at radius 2 is 1.15 bits per heavy atom. The molecule has 0 amide bonds. The topological polar surface area (TPSA) is 104 Å². The van der Waals surface area contributed by atoms with Crippen molar-refractivity contribution in [1.82, 2.24) is 0 Å². The van der Waals surface area contributed by atoms with E-state index in [4.69, 9.17) is 15.3 Å². The number of phenols is 2. The van der Waals surface area contributed by atoms with Gasteiger partial charge in [-0.25, -0.2) is 0 Å². The van der Waals surface area contributed by atoms with Crippen molar-refractivity contribution in [2.24, 2.45) is 0 Å². The van der Waals surface area contributed by atoms with Crippen LogP contribution in [0, 0.1) is 23.7 Å². The fraction of sp³-hybridized carbons (Fsp3) is 0.308. The number of hydrogen-bond donors (Lipinski definition) is 3. The number of carbonyl (C=O) groups excluding carboxylic acids is 1. The molecular weight excluding hydrogens is 472 g/mol. The number of methoxy groups -OCH3 is 1. The number of benzene rings is 2. The standard InChI is InChI=1S/C13H14O3.C12H12O3.CH4.2H2S/c1-3-4-11(9-13(15)16-2)10-5-7-12(14)8-6-10;1-2-3-10(8-12(14)15)9-4-6-11(13)7-5-9;;;/h5-8,11,14H,9H2,1-2H3;4-7,10,13H,8H2,1H3,(H,14,15);1H4;2*1H2/t11-;10-;;;/m00.../s1. The molecule has 0 unspecified atom stereocenters. The van der Waals surface area contributed by atoms with Gasteiger partial charge in [0.05, 0.1) is 31.8 Å². The molecule has 2 aromatic rings. The van der Waals surface area contributed by atoms with Crippen LogP contribution in [0.1, 0.15) is 57.1 Å². The molecular formula is C26H34O6S2. The fourth-order valence-electron chi connectivity index (χ4n) is 2.69. The van der Waals surface area contributed by atoms with Gasteiger partial charge in [-0.1, -0.05) is 43.5 Å². The Balaban J connectivity index is -0.000000520. The first-order chi connectivity index (χ1) is 14.8. The van der Waals surface area contributed by atoms with E-state index in [1.54, 1.807) is 50.2 Å². The number of carbonyl (C=O) groups is 2. The molecule has 0 bridgehead atoms. The van der Waals surface area contributed by atoms with Gasteiger partial charge in [0.25, 0.3) is 0 Å². The van der Waals surface area contributed by atoms with Crippen LogP contribution < -0.4 is 0 Å². The van der Waals surface area contributed by atoms with E-state index in [0.29, 0.717) is 0 Å². The normalized spacial score (nSPS) is 10.2. The summed E-state index contributed by atoms with van der Waals surface area (Å²) < 4.78 is 4.62. The van der Waals surface area contributed by atoms with E-state index in [9.17, 15) is 9.59 Å². The van der Waals surface area contributed by atoms with Gasteiger partial charge in [0.1, 0.15) is 11.5 Å². The molecule has 0 heterocycles. The first-order valence-electron chi connectivity index (χ1n) is 9.51. The van der Waals surface area contributed by atoms with Crippen LogP contribution >= 0.6 is 27.0 Å². The van der Waals surface area contributed by atoms with Crippen LogP contribution in [0.4, 0.5) is 0 Å². The summed E-state index contributed by atoms with van der Waals surface area (Å²) in [5.41, 5.74) is 1.71. The summed E-state index contributed by atoms with van der Waals surface area (Å²) in [6.45, 7) is 3.40. The fourth-order valence-corrected chi connectivity index (χ4v) is 2.69. The Labute approximate surface area is 216 Å². The maximum Gasteiger partial charge on any atom is 0.307 e. The molecule has 8 heteroatoms. The Morgan fingerprint density at radius 1 is 0.794 bits per heavy atom. The molecule has 0 aromatic heterocycles. The van der Waals surface area contributed by atoms with Crippen LogP contribution in [0.25, 0.3) is 0 Å². The first-order valence-corrected chi connectivity index (χ1v) is 9.51. The average molecular weight is 507 g/mol. The van der Waals surface area contributed by atoms with Gasteiger partial charge in [0.2, 0.25) is 0 Å². The molecule has 34 heavy (non-hydrogen) atoms. The van der Waals surface area contributed by atoms with Crippen LogP contribution in [0.15, 0.2) is 48.5 Å². The quantitative estimate of drug-likeness (QED) is 0.380. The highest BCUT2D eigenvalue weighted by Crippen LogP contribution is 2.22. The second-order valence-electron chi connectivity index (χ2n) is 6.46. The largest absolute Gasteiger partial charge is 0.508 e. The molecule has 0 aliphatic rings. The molecule has 6 nitrogen and oxygen atoms in total. The third-order valence-electron chi connectivity index (χ3n) is 4.21. The Kier molecular flexibility index (Phi) is 20.1. The molecule has 2 rings (SSSR count). The molecule has 2 aromatic carbocycles. The number of hydrogen-bond acceptors (Lipinski definition) is 5. The second-order valence-corrected chi connectivity index (χ2v) is 6.46. The van der Waals surface area contributed by atoms with Gasteiger partial charge in [-0.05, 0) is 49.2 Å². The van der Waals surface area contributed by atoms with E-state index in [1.165, 1.54) is 19.2 Å². The molecule has 0 aliphatic heterocycles. The highest BCUT2D eigenvalue weighted by atomic mass is 32.1. The van der Waals surface area contributed by atoms with Gasteiger partial charge in [0, 0.05) is 0 Å². The van der Waals surface area contributed by atoms with Crippen molar-refractivity contribution < 1.29 is 29.6 Å². The average Bonchev–Trinajstić information content (AvgIpc) is 2.74. The van der Waals surface area contributed by atoms with Gasteiger partial charge in [0.15, 0.2) is 0 Å². The van der Waals surface area contributed by atoms with Gasteiger partial charge in [-0.3, -0.25) is 9.59 Å². The Morgan fingerprint density at radius 3 is 1.44 bits per heavy atom. The molecule has 0 aliphatic carbocycles. The molecule has 0 radical (unpaired) electrons.